The van der Waals surface area contributed by atoms with E-state index in [1.807, 2.05) is 6.92 Å². The number of nitrogens with zero attached hydrogens (tertiary/aromatic N) is 2. The normalized spacial score (nSPS) is 19.0. The Morgan fingerprint density at radius 3 is 2.50 bits per heavy atom. The van der Waals surface area contributed by atoms with Gasteiger partial charge in [-0.1, -0.05) is 37.5 Å². The molecule has 0 aliphatic carbocycles. The molecule has 2 heterocycles. The topological polar surface area (TPSA) is 106 Å². The molecule has 12 heteroatoms. The van der Waals surface area contributed by atoms with Crippen LogP contribution in [0.2, 0.25) is 0 Å². The van der Waals surface area contributed by atoms with E-state index in [4.69, 9.17) is 14.2 Å². The average molecular weight is 537 g/mol. The van der Waals surface area contributed by atoms with Crippen molar-refractivity contribution in [1.82, 2.24) is 9.13 Å². The summed E-state index contributed by atoms with van der Waals surface area (Å²) in [6.07, 6.45) is -5.48. The van der Waals surface area contributed by atoms with Crippen LogP contribution in [0.5, 0.6) is 0 Å². The minimum absolute atomic E-state index is 0.0181. The van der Waals surface area contributed by atoms with Crippen molar-refractivity contribution in [1.29, 1.82) is 0 Å². The van der Waals surface area contributed by atoms with Crippen molar-refractivity contribution in [2.24, 2.45) is 0 Å². The van der Waals surface area contributed by atoms with Crippen LogP contribution in [-0.2, 0) is 25.2 Å². The summed E-state index contributed by atoms with van der Waals surface area (Å²) in [7, 11) is 0. The number of esters is 1. The summed E-state index contributed by atoms with van der Waals surface area (Å²) in [5.41, 5.74) is -4.97. The quantitative estimate of drug-likeness (QED) is 0.290. The number of hydrogen-bond donors (Lipinski definition) is 0. The summed E-state index contributed by atoms with van der Waals surface area (Å²) < 4.78 is 58.3. The van der Waals surface area contributed by atoms with Gasteiger partial charge in [0.2, 0.25) is 0 Å². The first-order valence-electron chi connectivity index (χ1n) is 12.0. The van der Waals surface area contributed by atoms with Gasteiger partial charge in [0.25, 0.3) is 11.5 Å². The van der Waals surface area contributed by atoms with Gasteiger partial charge >= 0.3 is 17.8 Å². The third-order valence-corrected chi connectivity index (χ3v) is 5.73. The molecule has 1 aliphatic rings. The molecule has 9 nitrogen and oxygen atoms in total. The molecule has 0 N–H and O–H groups in total. The molecule has 1 saturated heterocycles. The number of alkyl halides is 3. The first-order valence-corrected chi connectivity index (χ1v) is 12.0. The van der Waals surface area contributed by atoms with Gasteiger partial charge in [0.15, 0.2) is 0 Å². The van der Waals surface area contributed by atoms with Crippen LogP contribution in [0.1, 0.15) is 61.7 Å². The highest BCUT2D eigenvalue weighted by molar-refractivity contribution is 5.95. The molecule has 1 aromatic carbocycles. The SMILES string of the molecule is CCCCC#CCO[C@H]1C[C@H](n2cc(C(F)(F)F)c(=O)n(C(=O)c3ccccc3)c2=O)O[C@@H]1COC(C)=O. The van der Waals surface area contributed by atoms with Gasteiger partial charge in [-0.25, -0.2) is 4.79 Å². The standard InChI is InChI=1S/C26H27F3N2O7/c1-3-4-5-6-10-13-36-20-14-22(38-21(20)16-37-17(2)32)30-15-19(26(27,28)29)24(34)31(25(30)35)23(33)18-11-8-7-9-12-18/h7-9,11-12,15,20-22H,3-5,13-14,16H2,1-2H3/t20-,21+,22+/m0/s1. The number of rotatable bonds is 8. The van der Waals surface area contributed by atoms with Crippen molar-refractivity contribution in [3.63, 3.8) is 0 Å². The number of halogens is 3. The third-order valence-electron chi connectivity index (χ3n) is 5.73. The zero-order valence-electron chi connectivity index (χ0n) is 20.8. The predicted molar refractivity (Wildman–Crippen MR) is 128 cm³/mol. The minimum atomic E-state index is -5.16. The van der Waals surface area contributed by atoms with Gasteiger partial charge in [-0.2, -0.15) is 17.7 Å². The molecule has 38 heavy (non-hydrogen) atoms. The maximum Gasteiger partial charge on any atom is 0.423 e. The van der Waals surface area contributed by atoms with Crippen LogP contribution in [0.4, 0.5) is 13.2 Å². The van der Waals surface area contributed by atoms with Gasteiger partial charge in [-0.3, -0.25) is 19.0 Å². The molecule has 3 atom stereocenters. The summed E-state index contributed by atoms with van der Waals surface area (Å²) in [6, 6.07) is 6.99. The van der Waals surface area contributed by atoms with E-state index in [1.165, 1.54) is 31.2 Å². The molecule has 0 bridgehead atoms. The van der Waals surface area contributed by atoms with Crippen molar-refractivity contribution in [2.75, 3.05) is 13.2 Å². The number of unbranched alkanes of at least 4 members (excludes halogenated alkanes) is 2. The highest BCUT2D eigenvalue weighted by Gasteiger charge is 2.42. The highest BCUT2D eigenvalue weighted by atomic mass is 19.4. The van der Waals surface area contributed by atoms with Gasteiger partial charge in [0.1, 0.15) is 31.1 Å². The molecule has 0 radical (unpaired) electrons. The Morgan fingerprint density at radius 2 is 1.87 bits per heavy atom. The number of hydrogen-bond acceptors (Lipinski definition) is 7. The second-order valence-electron chi connectivity index (χ2n) is 8.52. The van der Waals surface area contributed by atoms with Gasteiger partial charge < -0.3 is 14.2 Å². The summed E-state index contributed by atoms with van der Waals surface area (Å²) in [5.74, 6) is 3.94. The summed E-state index contributed by atoms with van der Waals surface area (Å²) in [4.78, 5) is 50.1. The van der Waals surface area contributed by atoms with E-state index in [2.05, 4.69) is 11.8 Å². The molecule has 0 amide bonds. The Labute approximate surface area is 216 Å². The molecule has 0 spiro atoms. The van der Waals surface area contributed by atoms with E-state index in [1.54, 1.807) is 6.07 Å². The molecular weight excluding hydrogens is 509 g/mol. The van der Waals surface area contributed by atoms with Crippen LogP contribution in [0.15, 0.2) is 46.1 Å². The fraction of sp³-hybridized carbons (Fsp3) is 0.462. The number of carbonyl (C=O) groups is 2. The maximum absolute atomic E-state index is 13.8. The van der Waals surface area contributed by atoms with Crippen molar-refractivity contribution in [3.8, 4) is 11.8 Å². The van der Waals surface area contributed by atoms with Crippen LogP contribution in [0.3, 0.4) is 0 Å². The Hall–Kier alpha value is -3.69. The lowest BCUT2D eigenvalue weighted by molar-refractivity contribution is -0.148. The lowest BCUT2D eigenvalue weighted by Crippen LogP contribution is -2.47. The zero-order chi connectivity index (χ0) is 27.9. The number of carbonyl (C=O) groups excluding carboxylic acids is 2. The number of ether oxygens (including phenoxy) is 3. The molecule has 1 aromatic heterocycles. The van der Waals surface area contributed by atoms with Crippen LogP contribution in [0, 0.1) is 11.8 Å². The lowest BCUT2D eigenvalue weighted by atomic mass is 10.2. The summed E-state index contributed by atoms with van der Waals surface area (Å²) in [5, 5.41) is 0. The van der Waals surface area contributed by atoms with E-state index < -0.39 is 53.3 Å². The van der Waals surface area contributed by atoms with Crippen LogP contribution >= 0.6 is 0 Å². The minimum Gasteiger partial charge on any atom is -0.463 e. The van der Waals surface area contributed by atoms with E-state index >= 15 is 0 Å². The third kappa shape index (κ3) is 6.99. The molecule has 204 valence electrons. The predicted octanol–water partition coefficient (Wildman–Crippen LogP) is 3.15. The fourth-order valence-electron chi connectivity index (χ4n) is 3.81. The van der Waals surface area contributed by atoms with Gasteiger partial charge in [-0.15, -0.1) is 5.92 Å². The van der Waals surface area contributed by atoms with E-state index in [0.717, 1.165) is 12.8 Å². The van der Waals surface area contributed by atoms with Crippen molar-refractivity contribution < 1.29 is 37.0 Å². The lowest BCUT2D eigenvalue weighted by Gasteiger charge is -2.19. The van der Waals surface area contributed by atoms with Crippen LogP contribution in [-0.4, -0.2) is 46.4 Å². The zero-order valence-corrected chi connectivity index (χ0v) is 20.8. The van der Waals surface area contributed by atoms with Gasteiger partial charge in [0.05, 0.1) is 6.10 Å². The van der Waals surface area contributed by atoms with Crippen molar-refractivity contribution >= 4 is 11.9 Å². The van der Waals surface area contributed by atoms with Crippen LogP contribution < -0.4 is 11.2 Å². The maximum atomic E-state index is 13.8. The monoisotopic (exact) mass is 536 g/mol. The van der Waals surface area contributed by atoms with Crippen molar-refractivity contribution in [2.45, 2.75) is 64.1 Å². The second kappa shape index (κ2) is 12.7. The first kappa shape index (κ1) is 28.9. The van der Waals surface area contributed by atoms with E-state index in [-0.39, 0.29) is 29.8 Å². The van der Waals surface area contributed by atoms with E-state index in [0.29, 0.717) is 17.2 Å². The molecular formula is C26H27F3N2O7. The van der Waals surface area contributed by atoms with Crippen molar-refractivity contribution in [3.05, 3.63) is 68.5 Å². The average Bonchev–Trinajstić information content (AvgIpc) is 3.27. The Kier molecular flexibility index (Phi) is 9.66. The molecule has 1 aliphatic heterocycles. The molecule has 0 unspecified atom stereocenters. The summed E-state index contributed by atoms with van der Waals surface area (Å²) in [6.45, 7) is 2.89. The largest absolute Gasteiger partial charge is 0.463 e. The molecule has 3 rings (SSSR count). The molecule has 2 aromatic rings. The second-order valence-corrected chi connectivity index (χ2v) is 8.52. The fourth-order valence-corrected chi connectivity index (χ4v) is 3.81. The number of aromatic nitrogens is 2. The highest BCUT2D eigenvalue weighted by Crippen LogP contribution is 2.32. The van der Waals surface area contributed by atoms with Gasteiger partial charge in [-0.05, 0) is 18.6 Å². The molecule has 0 saturated carbocycles. The first-order chi connectivity index (χ1) is 18.0. The summed E-state index contributed by atoms with van der Waals surface area (Å²) >= 11 is 0. The molecule has 1 fully saturated rings. The van der Waals surface area contributed by atoms with Gasteiger partial charge in [0, 0.05) is 31.5 Å². The van der Waals surface area contributed by atoms with E-state index in [9.17, 15) is 32.3 Å². The Bertz CT molecular complexity index is 1320. The number of benzene rings is 1. The Morgan fingerprint density at radius 1 is 1.16 bits per heavy atom. The smallest absolute Gasteiger partial charge is 0.423 e. The Balaban J connectivity index is 1.99. The van der Waals surface area contributed by atoms with Crippen LogP contribution in [0.25, 0.3) is 0 Å².